The monoisotopic (exact) mass is 865 g/mol. The van der Waals surface area contributed by atoms with Crippen LogP contribution in [0.5, 0.6) is 0 Å². The number of carboxylic acids is 1. The van der Waals surface area contributed by atoms with E-state index in [1.54, 1.807) is 14.0 Å². The fourth-order valence-corrected chi connectivity index (χ4v) is 9.37. The van der Waals surface area contributed by atoms with E-state index < -0.39 is 71.5 Å². The van der Waals surface area contributed by atoms with Crippen molar-refractivity contribution in [3.63, 3.8) is 0 Å². The second-order valence-corrected chi connectivity index (χ2v) is 19.4. The molecule has 13 atom stereocenters. The second kappa shape index (κ2) is 23.8. The Morgan fingerprint density at radius 3 is 2.23 bits per heavy atom. The number of carbonyl (C=O) groups excluding carboxylic acids is 2. The van der Waals surface area contributed by atoms with Gasteiger partial charge in [0.1, 0.15) is 17.7 Å². The van der Waals surface area contributed by atoms with Crippen LogP contribution >= 0.6 is 0 Å². The Kier molecular flexibility index (Phi) is 20.5. The lowest BCUT2D eigenvalue weighted by molar-refractivity contribution is -0.302. The average molecular weight is 865 g/mol. The van der Waals surface area contributed by atoms with Gasteiger partial charge in [-0.25, -0.2) is 4.79 Å². The topological polar surface area (TPSA) is 194 Å². The van der Waals surface area contributed by atoms with E-state index in [0.717, 1.165) is 41.9 Å². The van der Waals surface area contributed by atoms with Crippen LogP contribution in [0, 0.1) is 29.6 Å². The summed E-state index contributed by atoms with van der Waals surface area (Å²) < 4.78 is 23.5. The number of amides is 1. The third kappa shape index (κ3) is 14.9. The summed E-state index contributed by atoms with van der Waals surface area (Å²) in [5.41, 5.74) is 2.57. The van der Waals surface area contributed by atoms with Gasteiger partial charge in [0.2, 0.25) is 5.79 Å². The minimum Gasteiger partial charge on any atom is -0.480 e. The van der Waals surface area contributed by atoms with Crippen molar-refractivity contribution in [2.24, 2.45) is 34.7 Å². The van der Waals surface area contributed by atoms with Crippen molar-refractivity contribution in [3.8, 4) is 0 Å². The molecule has 1 aliphatic carbocycles. The quantitative estimate of drug-likeness (QED) is 0.0418. The average Bonchev–Trinajstić information content (AvgIpc) is 3.20. The Morgan fingerprint density at radius 2 is 1.64 bits per heavy atom. The molecule has 0 aromatic carbocycles. The highest BCUT2D eigenvalue weighted by Crippen LogP contribution is 2.39. The number of piperidine rings is 1. The van der Waals surface area contributed by atoms with E-state index in [-0.39, 0.29) is 43.2 Å². The van der Waals surface area contributed by atoms with E-state index in [0.29, 0.717) is 44.4 Å². The first-order valence-electron chi connectivity index (χ1n) is 22.6. The van der Waals surface area contributed by atoms with Crippen LogP contribution in [0.1, 0.15) is 139 Å². The molecule has 0 radical (unpaired) electrons. The number of carbonyl (C=O) groups is 3. The number of methoxy groups -OCH3 is 3. The molecule has 2 heterocycles. The first kappa shape index (κ1) is 52.6. The molecule has 61 heavy (non-hydrogen) atoms. The Labute approximate surface area is 365 Å². The molecule has 2 saturated heterocycles. The van der Waals surface area contributed by atoms with E-state index in [1.165, 1.54) is 19.8 Å². The number of aliphatic hydroxyl groups excluding tert-OH is 2. The minimum absolute atomic E-state index is 0.0320. The van der Waals surface area contributed by atoms with E-state index >= 15 is 0 Å². The molecule has 1 saturated carbocycles. The van der Waals surface area contributed by atoms with Crippen LogP contribution in [0.3, 0.4) is 0 Å². The molecule has 14 nitrogen and oxygen atoms in total. The zero-order valence-corrected chi connectivity index (χ0v) is 39.2. The van der Waals surface area contributed by atoms with E-state index in [9.17, 15) is 34.8 Å². The highest BCUT2D eigenvalue weighted by Gasteiger charge is 2.56. The number of likely N-dealkylation sites (tertiary alicyclic amines) is 1. The van der Waals surface area contributed by atoms with Crippen LogP contribution < -0.4 is 0 Å². The van der Waals surface area contributed by atoms with Crippen LogP contribution in [-0.4, -0.2) is 131 Å². The van der Waals surface area contributed by atoms with Crippen molar-refractivity contribution in [3.05, 3.63) is 23.3 Å². The summed E-state index contributed by atoms with van der Waals surface area (Å²) in [5, 5.41) is 48.0. The molecular formula is C47H80N2O12. The Balaban J connectivity index is 1.74. The van der Waals surface area contributed by atoms with Crippen LogP contribution in [0.15, 0.2) is 28.5 Å². The van der Waals surface area contributed by atoms with Crippen molar-refractivity contribution in [1.82, 2.24) is 4.90 Å². The van der Waals surface area contributed by atoms with Crippen LogP contribution in [0.4, 0.5) is 0 Å². The van der Waals surface area contributed by atoms with Gasteiger partial charge in [-0.05, 0) is 123 Å². The minimum atomic E-state index is -2.49. The van der Waals surface area contributed by atoms with Crippen molar-refractivity contribution in [2.45, 2.75) is 193 Å². The lowest BCUT2D eigenvalue weighted by Gasteiger charge is -2.47. The highest BCUT2D eigenvalue weighted by molar-refractivity contribution is 6.39. The molecule has 350 valence electrons. The number of aliphatic hydroxyl groups is 3. The van der Waals surface area contributed by atoms with Crippen LogP contribution in [0.2, 0.25) is 0 Å². The summed E-state index contributed by atoms with van der Waals surface area (Å²) in [7, 11) is 4.72. The fraction of sp³-hybridized carbons (Fsp3) is 0.830. The maximum Gasteiger partial charge on any atom is 0.326 e. The predicted molar refractivity (Wildman–Crippen MR) is 234 cm³/mol. The summed E-state index contributed by atoms with van der Waals surface area (Å²) in [6.45, 7) is 18.0. The molecule has 0 aromatic heterocycles. The smallest absolute Gasteiger partial charge is 0.326 e. The Bertz CT molecular complexity index is 1520. The summed E-state index contributed by atoms with van der Waals surface area (Å²) in [6.07, 6.45) is 8.21. The molecular weight excluding hydrogens is 785 g/mol. The Morgan fingerprint density at radius 1 is 0.967 bits per heavy atom. The molecule has 3 rings (SSSR count). The van der Waals surface area contributed by atoms with Crippen molar-refractivity contribution < 1.29 is 58.6 Å². The number of ether oxygens (including phenoxy) is 4. The van der Waals surface area contributed by atoms with E-state index in [4.69, 9.17) is 23.8 Å². The van der Waals surface area contributed by atoms with Gasteiger partial charge < -0.3 is 49.1 Å². The van der Waals surface area contributed by atoms with Crippen molar-refractivity contribution in [1.29, 1.82) is 0 Å². The fourth-order valence-electron chi connectivity index (χ4n) is 9.37. The molecule has 0 spiro atoms. The van der Waals surface area contributed by atoms with Gasteiger partial charge in [0.05, 0.1) is 36.2 Å². The molecule has 13 unspecified atom stereocenters. The van der Waals surface area contributed by atoms with Crippen LogP contribution in [-0.2, 0) is 38.2 Å². The molecule has 1 amide bonds. The van der Waals surface area contributed by atoms with Gasteiger partial charge in [-0.15, -0.1) is 0 Å². The van der Waals surface area contributed by atoms with E-state index in [2.05, 4.69) is 51.9 Å². The molecule has 14 heteroatoms. The van der Waals surface area contributed by atoms with Gasteiger partial charge >= 0.3 is 5.97 Å². The van der Waals surface area contributed by atoms with Gasteiger partial charge in [0, 0.05) is 46.1 Å². The standard InChI is InChI=1S/C47H80N2O12/c1-13-34(35(48-61-46(7,8)9)27-38(51)31(5)21-30(4)22-33-17-18-37(50)39(26-33)57-10)23-28(2)20-29(3)24-40(58-11)42-41(59-12)25-32(6)47(56,60-42)43(52)44(53)49-19-15-14-16-36(49)45(54)55/h22-23,29,31-34,36-42,50-51,56H,13-21,24-27H2,1-12H3,(H,54,55). The Hall–Kier alpha value is -2.72. The van der Waals surface area contributed by atoms with Crippen LogP contribution in [0.25, 0.3) is 0 Å². The number of hydrogen-bond donors (Lipinski definition) is 4. The predicted octanol–water partition coefficient (Wildman–Crippen LogP) is 6.62. The second-order valence-electron chi connectivity index (χ2n) is 19.4. The summed E-state index contributed by atoms with van der Waals surface area (Å²) in [5.74, 6) is -6.48. The largest absolute Gasteiger partial charge is 0.480 e. The van der Waals surface area contributed by atoms with Gasteiger partial charge in [-0.2, -0.15) is 0 Å². The maximum absolute atomic E-state index is 13.8. The van der Waals surface area contributed by atoms with Crippen molar-refractivity contribution in [2.75, 3.05) is 27.9 Å². The number of allylic oxidation sites excluding steroid dienone is 4. The number of hydrogen-bond acceptors (Lipinski definition) is 12. The number of aliphatic carboxylic acids is 1. The van der Waals surface area contributed by atoms with Gasteiger partial charge in [0.15, 0.2) is 0 Å². The number of ketones is 1. The molecule has 0 aromatic rings. The van der Waals surface area contributed by atoms with Crippen molar-refractivity contribution >= 4 is 23.4 Å². The summed E-state index contributed by atoms with van der Waals surface area (Å²) >= 11 is 0. The summed E-state index contributed by atoms with van der Waals surface area (Å²) in [6, 6.07) is -1.14. The molecule has 4 N–H and O–H groups in total. The number of carboxylic acid groups (broad SMARTS) is 1. The molecule has 3 aliphatic rings. The molecule has 3 fully saturated rings. The molecule has 0 bridgehead atoms. The number of nitrogens with zero attached hydrogens (tertiary/aromatic N) is 2. The van der Waals surface area contributed by atoms with Gasteiger partial charge in [0.25, 0.3) is 11.7 Å². The van der Waals surface area contributed by atoms with E-state index in [1.807, 2.05) is 20.8 Å². The molecule has 2 aliphatic heterocycles. The van der Waals surface area contributed by atoms with Gasteiger partial charge in [-0.3, -0.25) is 9.59 Å². The number of Topliss-reactive ketones (excluding diaryl/α,β-unsaturated/α-hetero) is 1. The highest BCUT2D eigenvalue weighted by atomic mass is 16.7. The third-order valence-corrected chi connectivity index (χ3v) is 12.9. The maximum atomic E-state index is 13.8. The zero-order chi connectivity index (χ0) is 45.8. The first-order valence-corrected chi connectivity index (χ1v) is 22.6. The van der Waals surface area contributed by atoms with Gasteiger partial charge in [-0.1, -0.05) is 56.1 Å². The normalized spacial score (nSPS) is 30.9. The number of rotatable bonds is 21. The SMILES string of the molecule is CCC(C=C(C)CC(C)CC(OC)C1OC(O)(C(=O)C(=O)N2CCCCC2C(=O)O)C(C)CC1OC)C(CC(O)C(C)CC(C)=CC1CCC(O)C(OC)C1)=NOC(C)(C)C. The lowest BCUT2D eigenvalue weighted by Crippen LogP contribution is -2.64. The number of oxime groups is 1. The zero-order valence-electron chi connectivity index (χ0n) is 39.2. The first-order chi connectivity index (χ1) is 28.6. The lowest BCUT2D eigenvalue weighted by atomic mass is 9.82. The third-order valence-electron chi connectivity index (χ3n) is 12.9. The summed E-state index contributed by atoms with van der Waals surface area (Å²) in [4.78, 5) is 46.2.